The van der Waals surface area contributed by atoms with Gasteiger partial charge >= 0.3 is 0 Å². The van der Waals surface area contributed by atoms with Crippen molar-refractivity contribution in [3.63, 3.8) is 0 Å². The van der Waals surface area contributed by atoms with Crippen molar-refractivity contribution in [2.45, 2.75) is 5.41 Å². The standard InChI is InChI=1S/C68H47N3O2/c72-67-59-33-19-20-34-65(59)73-66-45-49(37-42-60(66)67)48-35-38-56(39-36-48)71-63-46-57(69(52-25-11-3-12-26-52)53-27-13-4-14-28-53)40-43-61(63)68(50-21-7-1-8-22-50,51-23-9-2-10-24-51)62-44-41-58(47-64(62)71)70(54-29-15-5-16-30-54)55-31-17-6-18-32-55/h1-47H. The number of hydrogen-bond acceptors (Lipinski definition) is 5. The smallest absolute Gasteiger partial charge is 0.200 e. The van der Waals surface area contributed by atoms with E-state index in [-0.39, 0.29) is 5.43 Å². The van der Waals surface area contributed by atoms with Crippen LogP contribution in [0.3, 0.4) is 0 Å². The van der Waals surface area contributed by atoms with Crippen LogP contribution in [-0.2, 0) is 5.41 Å². The Morgan fingerprint density at radius 3 is 1.19 bits per heavy atom. The van der Waals surface area contributed by atoms with Crippen LogP contribution in [0.15, 0.2) is 294 Å². The maximum Gasteiger partial charge on any atom is 0.200 e. The number of fused-ring (bicyclic) bond motifs is 4. The van der Waals surface area contributed by atoms with Gasteiger partial charge in [0.15, 0.2) is 0 Å². The molecule has 0 unspecified atom stereocenters. The number of nitrogens with zero attached hydrogens (tertiary/aromatic N) is 3. The second-order valence-corrected chi connectivity index (χ2v) is 18.4. The minimum Gasteiger partial charge on any atom is -0.456 e. The van der Waals surface area contributed by atoms with Crippen LogP contribution in [0, 0.1) is 0 Å². The normalized spacial score (nSPS) is 12.5. The van der Waals surface area contributed by atoms with Crippen molar-refractivity contribution < 1.29 is 4.42 Å². The summed E-state index contributed by atoms with van der Waals surface area (Å²) in [4.78, 5) is 20.7. The molecule has 346 valence electrons. The summed E-state index contributed by atoms with van der Waals surface area (Å²) in [6.07, 6.45) is 0. The highest BCUT2D eigenvalue weighted by atomic mass is 16.3. The van der Waals surface area contributed by atoms with Crippen LogP contribution >= 0.6 is 0 Å². The molecule has 1 aromatic heterocycles. The first-order chi connectivity index (χ1) is 36.1. The molecule has 0 radical (unpaired) electrons. The van der Waals surface area contributed by atoms with Crippen molar-refractivity contribution in [2.24, 2.45) is 0 Å². The summed E-state index contributed by atoms with van der Waals surface area (Å²) in [5.74, 6) is 0. The highest BCUT2D eigenvalue weighted by molar-refractivity contribution is 5.96. The van der Waals surface area contributed by atoms with E-state index in [2.05, 4.69) is 257 Å². The summed E-state index contributed by atoms with van der Waals surface area (Å²) in [5.41, 5.74) is 16.3. The Kier molecular flexibility index (Phi) is 10.8. The van der Waals surface area contributed by atoms with E-state index in [1.807, 2.05) is 42.5 Å². The van der Waals surface area contributed by atoms with Gasteiger partial charge in [0.1, 0.15) is 11.2 Å². The van der Waals surface area contributed by atoms with Crippen LogP contribution in [0.25, 0.3) is 33.1 Å². The molecule has 0 aliphatic carbocycles. The minimum absolute atomic E-state index is 0.0295. The predicted molar refractivity (Wildman–Crippen MR) is 301 cm³/mol. The number of hydrogen-bond donors (Lipinski definition) is 0. The lowest BCUT2D eigenvalue weighted by molar-refractivity contribution is 0.660. The first kappa shape index (κ1) is 43.3. The Morgan fingerprint density at radius 2 is 0.726 bits per heavy atom. The van der Waals surface area contributed by atoms with Crippen molar-refractivity contribution >= 4 is 73.1 Å². The molecular formula is C68H47N3O2. The molecule has 1 aliphatic rings. The molecule has 11 aromatic carbocycles. The van der Waals surface area contributed by atoms with Crippen LogP contribution in [0.4, 0.5) is 51.2 Å². The molecule has 73 heavy (non-hydrogen) atoms. The van der Waals surface area contributed by atoms with Crippen LogP contribution in [0.1, 0.15) is 22.3 Å². The van der Waals surface area contributed by atoms with E-state index in [9.17, 15) is 4.79 Å². The van der Waals surface area contributed by atoms with E-state index >= 15 is 0 Å². The summed E-state index contributed by atoms with van der Waals surface area (Å²) >= 11 is 0. The van der Waals surface area contributed by atoms with Crippen molar-refractivity contribution in [3.05, 3.63) is 318 Å². The summed E-state index contributed by atoms with van der Waals surface area (Å²) in [6, 6.07) is 101. The summed E-state index contributed by atoms with van der Waals surface area (Å²) in [6.45, 7) is 0. The average molecular weight is 938 g/mol. The number of rotatable bonds is 10. The molecule has 0 amide bonds. The van der Waals surface area contributed by atoms with Crippen molar-refractivity contribution in [2.75, 3.05) is 14.7 Å². The van der Waals surface area contributed by atoms with Gasteiger partial charge in [-0.3, -0.25) is 4.79 Å². The fraction of sp³-hybridized carbons (Fsp3) is 0.0147. The molecule has 0 bridgehead atoms. The van der Waals surface area contributed by atoms with Gasteiger partial charge in [0, 0.05) is 39.8 Å². The highest BCUT2D eigenvalue weighted by Gasteiger charge is 2.47. The van der Waals surface area contributed by atoms with E-state index in [4.69, 9.17) is 4.42 Å². The highest BCUT2D eigenvalue weighted by Crippen LogP contribution is 2.60. The lowest BCUT2D eigenvalue weighted by atomic mass is 9.62. The molecule has 2 heterocycles. The van der Waals surface area contributed by atoms with E-state index in [0.29, 0.717) is 21.9 Å². The SMILES string of the molecule is O=c1c2ccccc2oc2cc(-c3ccc(N4c5cc(N(c6ccccc6)c6ccccc6)ccc5C(c5ccccc5)(c5ccccc5)c5ccc(N(c6ccccc6)c6ccccc6)cc54)cc3)ccc12. The van der Waals surface area contributed by atoms with Gasteiger partial charge in [-0.05, 0) is 143 Å². The molecule has 0 saturated carbocycles. The number of anilines is 9. The molecule has 12 aromatic rings. The van der Waals surface area contributed by atoms with Crippen molar-refractivity contribution in [1.82, 2.24) is 0 Å². The van der Waals surface area contributed by atoms with Crippen LogP contribution < -0.4 is 20.1 Å². The Labute approximate surface area is 424 Å². The van der Waals surface area contributed by atoms with Gasteiger partial charge in [0.05, 0.1) is 27.6 Å². The van der Waals surface area contributed by atoms with E-state index < -0.39 is 5.41 Å². The Morgan fingerprint density at radius 1 is 0.329 bits per heavy atom. The quantitative estimate of drug-likeness (QED) is 0.128. The van der Waals surface area contributed by atoms with Crippen LogP contribution in [0.5, 0.6) is 0 Å². The van der Waals surface area contributed by atoms with Crippen LogP contribution in [-0.4, -0.2) is 0 Å². The first-order valence-electron chi connectivity index (χ1n) is 24.7. The largest absolute Gasteiger partial charge is 0.456 e. The van der Waals surface area contributed by atoms with Gasteiger partial charge in [-0.25, -0.2) is 0 Å². The molecule has 0 fully saturated rings. The molecule has 0 spiro atoms. The third-order valence-corrected chi connectivity index (χ3v) is 14.3. The maximum atomic E-state index is 13.6. The monoisotopic (exact) mass is 937 g/mol. The first-order valence-corrected chi connectivity index (χ1v) is 24.7. The third-order valence-electron chi connectivity index (χ3n) is 14.3. The molecule has 13 rings (SSSR count). The van der Waals surface area contributed by atoms with Gasteiger partial charge in [-0.1, -0.05) is 176 Å². The van der Waals surface area contributed by atoms with Gasteiger partial charge in [-0.15, -0.1) is 0 Å². The molecule has 0 atom stereocenters. The zero-order valence-electron chi connectivity index (χ0n) is 39.8. The molecule has 5 nitrogen and oxygen atoms in total. The zero-order valence-corrected chi connectivity index (χ0v) is 39.8. The van der Waals surface area contributed by atoms with E-state index in [1.54, 1.807) is 0 Å². The molecule has 5 heteroatoms. The van der Waals surface area contributed by atoms with E-state index in [0.717, 1.165) is 73.4 Å². The summed E-state index contributed by atoms with van der Waals surface area (Å²) in [7, 11) is 0. The Hall–Kier alpha value is -9.71. The molecule has 0 saturated heterocycles. The fourth-order valence-corrected chi connectivity index (χ4v) is 11.0. The third kappa shape index (κ3) is 7.45. The molecular weight excluding hydrogens is 891 g/mol. The topological polar surface area (TPSA) is 39.9 Å². The van der Waals surface area contributed by atoms with Gasteiger partial charge in [-0.2, -0.15) is 0 Å². The summed E-state index contributed by atoms with van der Waals surface area (Å²) in [5, 5.41) is 1.14. The maximum absolute atomic E-state index is 13.6. The lowest BCUT2D eigenvalue weighted by Crippen LogP contribution is -2.38. The molecule has 1 aliphatic heterocycles. The van der Waals surface area contributed by atoms with Crippen molar-refractivity contribution in [1.29, 1.82) is 0 Å². The second kappa shape index (κ2) is 18.2. The number of para-hydroxylation sites is 5. The Bertz CT molecular complexity index is 3720. The minimum atomic E-state index is -0.742. The van der Waals surface area contributed by atoms with Crippen LogP contribution in [0.2, 0.25) is 0 Å². The zero-order chi connectivity index (χ0) is 48.7. The number of benzene rings is 11. The van der Waals surface area contributed by atoms with Crippen molar-refractivity contribution in [3.8, 4) is 11.1 Å². The lowest BCUT2D eigenvalue weighted by Gasteiger charge is -2.47. The fourth-order valence-electron chi connectivity index (χ4n) is 11.0. The van der Waals surface area contributed by atoms with Gasteiger partial charge in [0.2, 0.25) is 5.43 Å². The molecule has 0 N–H and O–H groups in total. The van der Waals surface area contributed by atoms with Gasteiger partial charge in [0.25, 0.3) is 0 Å². The predicted octanol–water partition coefficient (Wildman–Crippen LogP) is 17.7. The Balaban J connectivity index is 1.08. The second-order valence-electron chi connectivity index (χ2n) is 18.4. The van der Waals surface area contributed by atoms with E-state index in [1.165, 1.54) is 11.1 Å². The summed E-state index contributed by atoms with van der Waals surface area (Å²) < 4.78 is 6.35. The van der Waals surface area contributed by atoms with Gasteiger partial charge < -0.3 is 19.1 Å². The average Bonchev–Trinajstić information content (AvgIpc) is 3.46.